The van der Waals surface area contributed by atoms with E-state index in [9.17, 15) is 0 Å². The Morgan fingerprint density at radius 2 is 2.37 bits per heavy atom. The quantitative estimate of drug-likeness (QED) is 0.763. The minimum atomic E-state index is 0.400. The van der Waals surface area contributed by atoms with Gasteiger partial charge in [0.25, 0.3) is 0 Å². The average molecular weight is 285 g/mol. The summed E-state index contributed by atoms with van der Waals surface area (Å²) in [4.78, 5) is 0. The summed E-state index contributed by atoms with van der Waals surface area (Å²) < 4.78 is 7.36. The molecule has 0 aliphatic heterocycles. The summed E-state index contributed by atoms with van der Waals surface area (Å²) in [7, 11) is 1.80. The van der Waals surface area contributed by atoms with Crippen LogP contribution in [0.4, 0.5) is 0 Å². The van der Waals surface area contributed by atoms with Crippen molar-refractivity contribution in [3.63, 3.8) is 0 Å². The van der Waals surface area contributed by atoms with Crippen LogP contribution in [0, 0.1) is 0 Å². The molecule has 6 nitrogen and oxygen atoms in total. The molecule has 0 spiro atoms. The SMILES string of the molecule is CCNCCn1nnnc1SC1CCCC(OC)C1. The minimum absolute atomic E-state index is 0.400. The van der Waals surface area contributed by atoms with Gasteiger partial charge in [0.2, 0.25) is 5.16 Å². The predicted octanol–water partition coefficient (Wildman–Crippen LogP) is 1.33. The van der Waals surface area contributed by atoms with Gasteiger partial charge < -0.3 is 10.1 Å². The smallest absolute Gasteiger partial charge is 0.209 e. The molecule has 2 rings (SSSR count). The molecule has 1 aromatic rings. The molecular weight excluding hydrogens is 262 g/mol. The number of hydrogen-bond donors (Lipinski definition) is 1. The summed E-state index contributed by atoms with van der Waals surface area (Å²) in [6.07, 6.45) is 5.14. The van der Waals surface area contributed by atoms with Crippen LogP contribution in [0.3, 0.4) is 0 Å². The van der Waals surface area contributed by atoms with Crippen molar-refractivity contribution in [3.05, 3.63) is 0 Å². The molecule has 1 aliphatic rings. The Morgan fingerprint density at radius 1 is 1.47 bits per heavy atom. The summed E-state index contributed by atoms with van der Waals surface area (Å²) in [5, 5.41) is 16.8. The van der Waals surface area contributed by atoms with Crippen LogP contribution in [0.2, 0.25) is 0 Å². The first-order valence-electron chi connectivity index (χ1n) is 6.99. The number of thioether (sulfide) groups is 1. The molecule has 0 radical (unpaired) electrons. The molecular formula is C12H23N5OS. The van der Waals surface area contributed by atoms with Crippen molar-refractivity contribution in [1.82, 2.24) is 25.5 Å². The van der Waals surface area contributed by atoms with Crippen LogP contribution in [0.25, 0.3) is 0 Å². The van der Waals surface area contributed by atoms with Crippen molar-refractivity contribution in [3.8, 4) is 0 Å². The zero-order valence-corrected chi connectivity index (χ0v) is 12.5. The number of likely N-dealkylation sites (N-methyl/N-ethyl adjacent to an activating group) is 1. The molecule has 108 valence electrons. The molecule has 1 fully saturated rings. The van der Waals surface area contributed by atoms with Gasteiger partial charge in [-0.2, -0.15) is 0 Å². The highest BCUT2D eigenvalue weighted by Gasteiger charge is 2.24. The summed E-state index contributed by atoms with van der Waals surface area (Å²) in [6, 6.07) is 0. The molecule has 0 aromatic carbocycles. The van der Waals surface area contributed by atoms with Crippen LogP contribution in [0.5, 0.6) is 0 Å². The second kappa shape index (κ2) is 7.81. The van der Waals surface area contributed by atoms with Gasteiger partial charge in [0.15, 0.2) is 0 Å². The molecule has 1 saturated carbocycles. The van der Waals surface area contributed by atoms with Crippen molar-refractivity contribution in [2.24, 2.45) is 0 Å². The van der Waals surface area contributed by atoms with Gasteiger partial charge in [-0.1, -0.05) is 18.7 Å². The van der Waals surface area contributed by atoms with Gasteiger partial charge in [0.05, 0.1) is 12.6 Å². The maximum atomic E-state index is 5.47. The van der Waals surface area contributed by atoms with E-state index in [1.165, 1.54) is 19.3 Å². The van der Waals surface area contributed by atoms with Crippen molar-refractivity contribution in [2.75, 3.05) is 20.2 Å². The van der Waals surface area contributed by atoms with E-state index >= 15 is 0 Å². The Bertz CT molecular complexity index is 373. The molecule has 1 N–H and O–H groups in total. The fraction of sp³-hybridized carbons (Fsp3) is 0.917. The summed E-state index contributed by atoms with van der Waals surface area (Å²) in [6.45, 7) is 4.80. The van der Waals surface area contributed by atoms with Crippen molar-refractivity contribution < 1.29 is 4.74 Å². The van der Waals surface area contributed by atoms with Crippen molar-refractivity contribution >= 4 is 11.8 Å². The third-order valence-electron chi connectivity index (χ3n) is 3.43. The van der Waals surface area contributed by atoms with Gasteiger partial charge in [0.1, 0.15) is 0 Å². The Morgan fingerprint density at radius 3 is 3.16 bits per heavy atom. The van der Waals surface area contributed by atoms with E-state index in [1.807, 2.05) is 4.68 Å². The van der Waals surface area contributed by atoms with Crippen LogP contribution in [-0.4, -0.2) is 51.8 Å². The molecule has 2 atom stereocenters. The molecule has 7 heteroatoms. The van der Waals surface area contributed by atoms with Crippen LogP contribution in [0.15, 0.2) is 5.16 Å². The van der Waals surface area contributed by atoms with Crippen molar-refractivity contribution in [1.29, 1.82) is 0 Å². The molecule has 2 unspecified atom stereocenters. The molecule has 1 aromatic heterocycles. The van der Waals surface area contributed by atoms with Gasteiger partial charge in [-0.3, -0.25) is 0 Å². The Balaban J connectivity index is 1.86. The second-order valence-corrected chi connectivity index (χ2v) is 6.07. The maximum absolute atomic E-state index is 5.47. The number of ether oxygens (including phenoxy) is 1. The molecule has 1 aliphatic carbocycles. The van der Waals surface area contributed by atoms with Gasteiger partial charge in [0, 0.05) is 18.9 Å². The summed E-state index contributed by atoms with van der Waals surface area (Å²) in [5.41, 5.74) is 0. The molecule has 19 heavy (non-hydrogen) atoms. The zero-order chi connectivity index (χ0) is 13.5. The van der Waals surface area contributed by atoms with E-state index in [0.717, 1.165) is 31.2 Å². The van der Waals surface area contributed by atoms with Crippen LogP contribution >= 0.6 is 11.8 Å². The highest BCUT2D eigenvalue weighted by molar-refractivity contribution is 7.99. The number of nitrogens with zero attached hydrogens (tertiary/aromatic N) is 4. The van der Waals surface area contributed by atoms with E-state index in [0.29, 0.717) is 11.4 Å². The van der Waals surface area contributed by atoms with Gasteiger partial charge in [-0.05, 0) is 42.7 Å². The third kappa shape index (κ3) is 4.43. The number of tetrazole rings is 1. The fourth-order valence-corrected chi connectivity index (χ4v) is 3.58. The van der Waals surface area contributed by atoms with Gasteiger partial charge >= 0.3 is 0 Å². The third-order valence-corrected chi connectivity index (χ3v) is 4.70. The largest absolute Gasteiger partial charge is 0.381 e. The number of rotatable bonds is 7. The van der Waals surface area contributed by atoms with E-state index in [1.54, 1.807) is 18.9 Å². The summed E-state index contributed by atoms with van der Waals surface area (Å²) >= 11 is 1.79. The Kier molecular flexibility index (Phi) is 6.06. The lowest BCUT2D eigenvalue weighted by Crippen LogP contribution is -2.24. The number of nitrogens with one attached hydrogen (secondary N) is 1. The Labute approximate surface area is 118 Å². The minimum Gasteiger partial charge on any atom is -0.381 e. The van der Waals surface area contributed by atoms with Crippen molar-refractivity contribution in [2.45, 2.75) is 55.7 Å². The van der Waals surface area contributed by atoms with Gasteiger partial charge in [-0.15, -0.1) is 5.10 Å². The molecule has 1 heterocycles. The first-order valence-corrected chi connectivity index (χ1v) is 7.87. The first-order chi connectivity index (χ1) is 9.33. The fourth-order valence-electron chi connectivity index (χ4n) is 2.36. The van der Waals surface area contributed by atoms with E-state index in [2.05, 4.69) is 27.8 Å². The monoisotopic (exact) mass is 285 g/mol. The van der Waals surface area contributed by atoms with Crippen LogP contribution in [0.1, 0.15) is 32.6 Å². The van der Waals surface area contributed by atoms with E-state index < -0.39 is 0 Å². The number of aromatic nitrogens is 4. The second-order valence-electron chi connectivity index (χ2n) is 4.80. The predicted molar refractivity (Wildman–Crippen MR) is 75.3 cm³/mol. The lowest BCUT2D eigenvalue weighted by Gasteiger charge is -2.27. The number of methoxy groups -OCH3 is 1. The molecule has 0 amide bonds. The first kappa shape index (κ1) is 14.7. The standard InChI is InChI=1S/C12H23N5OS/c1-3-13-7-8-17-12(14-15-16-17)19-11-6-4-5-10(9-11)18-2/h10-11,13H,3-9H2,1-2H3. The lowest BCUT2D eigenvalue weighted by atomic mass is 9.97. The summed E-state index contributed by atoms with van der Waals surface area (Å²) in [5.74, 6) is 0. The topological polar surface area (TPSA) is 64.9 Å². The zero-order valence-electron chi connectivity index (χ0n) is 11.7. The van der Waals surface area contributed by atoms with E-state index in [-0.39, 0.29) is 0 Å². The van der Waals surface area contributed by atoms with E-state index in [4.69, 9.17) is 4.74 Å². The normalized spacial score (nSPS) is 23.7. The lowest BCUT2D eigenvalue weighted by molar-refractivity contribution is 0.0730. The Hall–Kier alpha value is -0.660. The maximum Gasteiger partial charge on any atom is 0.209 e. The highest BCUT2D eigenvalue weighted by Crippen LogP contribution is 2.33. The van der Waals surface area contributed by atoms with Crippen LogP contribution in [-0.2, 0) is 11.3 Å². The van der Waals surface area contributed by atoms with Gasteiger partial charge in [-0.25, -0.2) is 4.68 Å². The molecule has 0 bridgehead atoms. The molecule has 0 saturated heterocycles. The number of hydrogen-bond acceptors (Lipinski definition) is 6. The highest BCUT2D eigenvalue weighted by atomic mass is 32.2. The van der Waals surface area contributed by atoms with Crippen LogP contribution < -0.4 is 5.32 Å². The average Bonchev–Trinajstić information content (AvgIpc) is 2.87.